The van der Waals surface area contributed by atoms with E-state index in [2.05, 4.69) is 0 Å². The predicted molar refractivity (Wildman–Crippen MR) is 58.5 cm³/mol. The SMILES string of the molecule is N#Cc1ccc(N2CCCC2CO)c(F)c1F. The fourth-order valence-corrected chi connectivity index (χ4v) is 2.19. The molecule has 17 heavy (non-hydrogen) atoms. The quantitative estimate of drug-likeness (QED) is 0.854. The van der Waals surface area contributed by atoms with Crippen molar-refractivity contribution in [2.75, 3.05) is 18.1 Å². The highest BCUT2D eigenvalue weighted by Crippen LogP contribution is 2.30. The Balaban J connectivity index is 2.40. The normalized spacial score (nSPS) is 19.4. The Morgan fingerprint density at radius 1 is 1.41 bits per heavy atom. The van der Waals surface area contributed by atoms with Crippen LogP contribution in [0.2, 0.25) is 0 Å². The summed E-state index contributed by atoms with van der Waals surface area (Å²) in [4.78, 5) is 1.65. The maximum atomic E-state index is 13.8. The van der Waals surface area contributed by atoms with E-state index in [1.54, 1.807) is 11.0 Å². The molecule has 2 rings (SSSR count). The lowest BCUT2D eigenvalue weighted by Crippen LogP contribution is -2.32. The van der Waals surface area contributed by atoms with Crippen molar-refractivity contribution in [1.29, 1.82) is 5.26 Å². The van der Waals surface area contributed by atoms with Gasteiger partial charge < -0.3 is 10.0 Å². The summed E-state index contributed by atoms with van der Waals surface area (Å²) in [6.45, 7) is 0.508. The lowest BCUT2D eigenvalue weighted by Gasteiger charge is -2.25. The van der Waals surface area contributed by atoms with Gasteiger partial charge in [-0.2, -0.15) is 5.26 Å². The number of anilines is 1. The van der Waals surface area contributed by atoms with Crippen molar-refractivity contribution in [3.8, 4) is 6.07 Å². The lowest BCUT2D eigenvalue weighted by molar-refractivity contribution is 0.266. The minimum atomic E-state index is -1.12. The molecule has 1 heterocycles. The van der Waals surface area contributed by atoms with Crippen LogP contribution in [0.4, 0.5) is 14.5 Å². The van der Waals surface area contributed by atoms with E-state index in [1.165, 1.54) is 12.1 Å². The largest absolute Gasteiger partial charge is 0.394 e. The van der Waals surface area contributed by atoms with Gasteiger partial charge in [0, 0.05) is 6.54 Å². The molecule has 0 aromatic heterocycles. The number of aliphatic hydroxyl groups is 1. The molecule has 90 valence electrons. The van der Waals surface area contributed by atoms with Crippen LogP contribution in [-0.4, -0.2) is 24.3 Å². The van der Waals surface area contributed by atoms with E-state index in [1.807, 2.05) is 0 Å². The van der Waals surface area contributed by atoms with Crippen LogP contribution in [0.5, 0.6) is 0 Å². The summed E-state index contributed by atoms with van der Waals surface area (Å²) in [6.07, 6.45) is 1.60. The summed E-state index contributed by atoms with van der Waals surface area (Å²) in [5.74, 6) is -2.13. The van der Waals surface area contributed by atoms with Crippen LogP contribution in [-0.2, 0) is 0 Å². The maximum Gasteiger partial charge on any atom is 0.183 e. The van der Waals surface area contributed by atoms with Gasteiger partial charge in [-0.05, 0) is 25.0 Å². The Morgan fingerprint density at radius 3 is 2.82 bits per heavy atom. The van der Waals surface area contributed by atoms with Gasteiger partial charge in [-0.1, -0.05) is 0 Å². The molecule has 1 aromatic carbocycles. The average Bonchev–Trinajstić information content (AvgIpc) is 2.80. The molecule has 1 aliphatic heterocycles. The molecular weight excluding hydrogens is 226 g/mol. The summed E-state index contributed by atoms with van der Waals surface area (Å²) in [6, 6.07) is 4.08. The highest BCUT2D eigenvalue weighted by Gasteiger charge is 2.27. The molecule has 1 atom stereocenters. The number of hydrogen-bond acceptors (Lipinski definition) is 3. The van der Waals surface area contributed by atoms with E-state index in [9.17, 15) is 8.78 Å². The summed E-state index contributed by atoms with van der Waals surface area (Å²) in [5.41, 5.74) is -0.177. The van der Waals surface area contributed by atoms with Crippen molar-refractivity contribution in [1.82, 2.24) is 0 Å². The standard InChI is InChI=1S/C12H12F2N2O/c13-11-8(6-15)3-4-10(12(11)14)16-5-1-2-9(16)7-17/h3-4,9,17H,1-2,5,7H2. The van der Waals surface area contributed by atoms with Gasteiger partial charge in [-0.25, -0.2) is 8.78 Å². The molecule has 0 spiro atoms. The number of rotatable bonds is 2. The molecule has 0 saturated carbocycles. The van der Waals surface area contributed by atoms with E-state index in [0.29, 0.717) is 6.54 Å². The van der Waals surface area contributed by atoms with Crippen LogP contribution >= 0.6 is 0 Å². The maximum absolute atomic E-state index is 13.8. The molecule has 0 radical (unpaired) electrons. The van der Waals surface area contributed by atoms with Gasteiger partial charge in [0.1, 0.15) is 6.07 Å². The second-order valence-electron chi connectivity index (χ2n) is 4.04. The van der Waals surface area contributed by atoms with E-state index in [-0.39, 0.29) is 23.9 Å². The van der Waals surface area contributed by atoms with Crippen molar-refractivity contribution in [2.24, 2.45) is 0 Å². The summed E-state index contributed by atoms with van der Waals surface area (Å²) >= 11 is 0. The third-order valence-corrected chi connectivity index (χ3v) is 3.08. The highest BCUT2D eigenvalue weighted by atomic mass is 19.2. The van der Waals surface area contributed by atoms with Crippen molar-refractivity contribution < 1.29 is 13.9 Å². The van der Waals surface area contributed by atoms with Crippen LogP contribution in [0.1, 0.15) is 18.4 Å². The van der Waals surface area contributed by atoms with Crippen LogP contribution in [0.3, 0.4) is 0 Å². The first-order valence-electron chi connectivity index (χ1n) is 5.44. The fraction of sp³-hybridized carbons (Fsp3) is 0.417. The predicted octanol–water partition coefficient (Wildman–Crippen LogP) is 1.80. The molecule has 0 bridgehead atoms. The van der Waals surface area contributed by atoms with Crippen molar-refractivity contribution >= 4 is 5.69 Å². The van der Waals surface area contributed by atoms with E-state index in [0.717, 1.165) is 12.8 Å². The summed E-state index contributed by atoms with van der Waals surface area (Å²) in [7, 11) is 0. The van der Waals surface area contributed by atoms with Crippen molar-refractivity contribution in [3.63, 3.8) is 0 Å². The molecule has 1 aromatic rings. The zero-order valence-corrected chi connectivity index (χ0v) is 9.16. The monoisotopic (exact) mass is 238 g/mol. The Labute approximate surface area is 97.9 Å². The third-order valence-electron chi connectivity index (χ3n) is 3.08. The Kier molecular flexibility index (Phi) is 3.25. The van der Waals surface area contributed by atoms with Gasteiger partial charge in [-0.3, -0.25) is 0 Å². The van der Waals surface area contributed by atoms with Crippen LogP contribution in [0.15, 0.2) is 12.1 Å². The van der Waals surface area contributed by atoms with E-state index in [4.69, 9.17) is 10.4 Å². The van der Waals surface area contributed by atoms with Crippen LogP contribution in [0.25, 0.3) is 0 Å². The minimum absolute atomic E-state index is 0.0823. The number of halogens is 2. The smallest absolute Gasteiger partial charge is 0.183 e. The first kappa shape index (κ1) is 11.8. The van der Waals surface area contributed by atoms with Gasteiger partial charge in [0.25, 0.3) is 0 Å². The topological polar surface area (TPSA) is 47.3 Å². The molecule has 1 saturated heterocycles. The fourth-order valence-electron chi connectivity index (χ4n) is 2.19. The Bertz CT molecular complexity index is 470. The van der Waals surface area contributed by atoms with E-state index >= 15 is 0 Å². The number of aliphatic hydroxyl groups excluding tert-OH is 1. The Morgan fingerprint density at radius 2 is 2.18 bits per heavy atom. The summed E-state index contributed by atoms with van der Waals surface area (Å²) in [5, 5.41) is 17.7. The number of hydrogen-bond donors (Lipinski definition) is 1. The zero-order valence-electron chi connectivity index (χ0n) is 9.16. The Hall–Kier alpha value is -1.67. The van der Waals surface area contributed by atoms with Gasteiger partial charge in [0.15, 0.2) is 11.6 Å². The van der Waals surface area contributed by atoms with Gasteiger partial charge in [-0.15, -0.1) is 0 Å². The molecule has 1 fully saturated rings. The first-order chi connectivity index (χ1) is 8.19. The molecule has 3 nitrogen and oxygen atoms in total. The molecule has 1 unspecified atom stereocenters. The third kappa shape index (κ3) is 1.96. The molecule has 0 aliphatic carbocycles. The first-order valence-corrected chi connectivity index (χ1v) is 5.44. The summed E-state index contributed by atoms with van der Waals surface area (Å²) < 4.78 is 27.2. The second-order valence-corrected chi connectivity index (χ2v) is 4.04. The average molecular weight is 238 g/mol. The number of benzene rings is 1. The van der Waals surface area contributed by atoms with Crippen LogP contribution < -0.4 is 4.90 Å². The lowest BCUT2D eigenvalue weighted by atomic mass is 10.1. The molecular formula is C12H12F2N2O. The molecule has 1 N–H and O–H groups in total. The van der Waals surface area contributed by atoms with Crippen molar-refractivity contribution in [3.05, 3.63) is 29.3 Å². The van der Waals surface area contributed by atoms with Gasteiger partial charge in [0.05, 0.1) is 23.9 Å². The zero-order chi connectivity index (χ0) is 12.4. The van der Waals surface area contributed by atoms with Crippen molar-refractivity contribution in [2.45, 2.75) is 18.9 Å². The van der Waals surface area contributed by atoms with Gasteiger partial charge in [0.2, 0.25) is 0 Å². The van der Waals surface area contributed by atoms with E-state index < -0.39 is 11.6 Å². The molecule has 5 heteroatoms. The number of nitriles is 1. The molecule has 0 amide bonds. The number of nitrogens with zero attached hydrogens (tertiary/aromatic N) is 2. The second kappa shape index (κ2) is 4.68. The molecule has 1 aliphatic rings. The van der Waals surface area contributed by atoms with Crippen LogP contribution in [0, 0.1) is 23.0 Å². The highest BCUT2D eigenvalue weighted by molar-refractivity contribution is 5.53. The van der Waals surface area contributed by atoms with Gasteiger partial charge >= 0.3 is 0 Å². The minimum Gasteiger partial charge on any atom is -0.394 e.